The fraction of sp³-hybridized carbons (Fsp3) is 0.538. The predicted octanol–water partition coefficient (Wildman–Crippen LogP) is 2.68. The van der Waals surface area contributed by atoms with Crippen molar-refractivity contribution >= 4 is 17.2 Å². The van der Waals surface area contributed by atoms with E-state index in [0.717, 1.165) is 17.9 Å². The third-order valence-corrected chi connectivity index (χ3v) is 3.92. The molecule has 0 bridgehead atoms. The van der Waals surface area contributed by atoms with E-state index in [1.807, 2.05) is 10.6 Å². The standard InChI is InChI=1S/C13H17ClN4/c1-10-11(9-17-6-3-2-4-7-17)16-13-12(14)15-5-8-18(10)13/h5,8H,2-4,6-7,9H2,1H3. The van der Waals surface area contributed by atoms with Crippen LogP contribution in [0.25, 0.3) is 5.65 Å². The summed E-state index contributed by atoms with van der Waals surface area (Å²) in [6.45, 7) is 5.37. The zero-order valence-corrected chi connectivity index (χ0v) is 11.3. The number of aromatic nitrogens is 3. The van der Waals surface area contributed by atoms with E-state index in [-0.39, 0.29) is 0 Å². The first kappa shape index (κ1) is 11.9. The highest BCUT2D eigenvalue weighted by Crippen LogP contribution is 2.20. The smallest absolute Gasteiger partial charge is 0.175 e. The van der Waals surface area contributed by atoms with E-state index in [0.29, 0.717) is 5.15 Å². The third-order valence-electron chi connectivity index (χ3n) is 3.66. The van der Waals surface area contributed by atoms with Crippen LogP contribution in [0.2, 0.25) is 5.15 Å². The van der Waals surface area contributed by atoms with E-state index in [1.54, 1.807) is 6.20 Å². The number of fused-ring (bicyclic) bond motifs is 1. The SMILES string of the molecule is Cc1c(CN2CCCCC2)nc2c(Cl)nccn12. The summed E-state index contributed by atoms with van der Waals surface area (Å²) in [4.78, 5) is 11.2. The Balaban J connectivity index is 1.92. The second-order valence-corrected chi connectivity index (χ2v) is 5.25. The van der Waals surface area contributed by atoms with E-state index in [1.165, 1.54) is 38.0 Å². The number of rotatable bonds is 2. The Hall–Kier alpha value is -1.13. The molecule has 3 rings (SSSR count). The Morgan fingerprint density at radius 1 is 1.28 bits per heavy atom. The van der Waals surface area contributed by atoms with Crippen molar-refractivity contribution < 1.29 is 0 Å². The van der Waals surface area contributed by atoms with E-state index < -0.39 is 0 Å². The minimum Gasteiger partial charge on any atom is -0.300 e. The van der Waals surface area contributed by atoms with Gasteiger partial charge in [-0.15, -0.1) is 0 Å². The molecule has 1 aliphatic rings. The molecule has 0 unspecified atom stereocenters. The number of piperidine rings is 1. The van der Waals surface area contributed by atoms with Crippen molar-refractivity contribution in [2.45, 2.75) is 32.7 Å². The molecule has 96 valence electrons. The molecule has 2 aromatic heterocycles. The van der Waals surface area contributed by atoms with E-state index in [2.05, 4.69) is 21.8 Å². The molecule has 0 saturated carbocycles. The van der Waals surface area contributed by atoms with E-state index in [9.17, 15) is 0 Å². The molecule has 1 saturated heterocycles. The van der Waals surface area contributed by atoms with Gasteiger partial charge in [-0.2, -0.15) is 0 Å². The van der Waals surface area contributed by atoms with Gasteiger partial charge in [0.1, 0.15) is 0 Å². The minimum atomic E-state index is 0.477. The van der Waals surface area contributed by atoms with Gasteiger partial charge in [-0.1, -0.05) is 18.0 Å². The molecule has 2 aromatic rings. The number of aryl methyl sites for hydroxylation is 1. The molecule has 0 amide bonds. The normalized spacial score (nSPS) is 17.4. The van der Waals surface area contributed by atoms with Gasteiger partial charge in [-0.05, 0) is 32.9 Å². The first-order chi connectivity index (χ1) is 8.75. The maximum absolute atomic E-state index is 6.08. The van der Waals surface area contributed by atoms with Gasteiger partial charge in [0.05, 0.1) is 5.69 Å². The maximum Gasteiger partial charge on any atom is 0.175 e. The van der Waals surface area contributed by atoms with Crippen LogP contribution >= 0.6 is 11.6 Å². The summed E-state index contributed by atoms with van der Waals surface area (Å²) in [5.41, 5.74) is 3.05. The van der Waals surface area contributed by atoms with Crippen molar-refractivity contribution in [2.75, 3.05) is 13.1 Å². The van der Waals surface area contributed by atoms with E-state index >= 15 is 0 Å². The number of hydrogen-bond acceptors (Lipinski definition) is 3. The summed E-state index contributed by atoms with van der Waals surface area (Å²) >= 11 is 6.08. The quantitative estimate of drug-likeness (QED) is 0.836. The number of nitrogens with zero attached hydrogens (tertiary/aromatic N) is 4. The molecular formula is C13H17ClN4. The molecule has 0 radical (unpaired) electrons. The summed E-state index contributed by atoms with van der Waals surface area (Å²) in [6, 6.07) is 0. The van der Waals surface area contributed by atoms with Crippen LogP contribution in [0.5, 0.6) is 0 Å². The molecule has 1 fully saturated rings. The van der Waals surface area contributed by atoms with Gasteiger partial charge in [0.2, 0.25) is 0 Å². The molecule has 0 spiro atoms. The highest BCUT2D eigenvalue weighted by molar-refractivity contribution is 6.32. The van der Waals surface area contributed by atoms with Crippen molar-refractivity contribution in [3.05, 3.63) is 28.9 Å². The van der Waals surface area contributed by atoms with Crippen molar-refractivity contribution in [1.29, 1.82) is 0 Å². The Morgan fingerprint density at radius 2 is 2.06 bits per heavy atom. The summed E-state index contributed by atoms with van der Waals surface area (Å²) in [6.07, 6.45) is 7.60. The predicted molar refractivity (Wildman–Crippen MR) is 71.9 cm³/mol. The van der Waals surface area contributed by atoms with Crippen molar-refractivity contribution in [2.24, 2.45) is 0 Å². The van der Waals surface area contributed by atoms with Crippen LogP contribution in [-0.4, -0.2) is 32.4 Å². The van der Waals surface area contributed by atoms with Crippen LogP contribution in [0, 0.1) is 6.92 Å². The lowest BCUT2D eigenvalue weighted by Crippen LogP contribution is -2.29. The molecular weight excluding hydrogens is 248 g/mol. The van der Waals surface area contributed by atoms with Crippen LogP contribution in [0.1, 0.15) is 30.7 Å². The largest absolute Gasteiger partial charge is 0.300 e. The van der Waals surface area contributed by atoms with Gasteiger partial charge < -0.3 is 0 Å². The second kappa shape index (κ2) is 4.86. The minimum absolute atomic E-state index is 0.477. The highest BCUT2D eigenvalue weighted by atomic mass is 35.5. The van der Waals surface area contributed by atoms with Crippen LogP contribution in [0.4, 0.5) is 0 Å². The Morgan fingerprint density at radius 3 is 2.78 bits per heavy atom. The van der Waals surface area contributed by atoms with E-state index in [4.69, 9.17) is 11.6 Å². The van der Waals surface area contributed by atoms with Gasteiger partial charge in [0.25, 0.3) is 0 Å². The molecule has 1 aliphatic heterocycles. The van der Waals surface area contributed by atoms with Crippen LogP contribution in [0.15, 0.2) is 12.4 Å². The topological polar surface area (TPSA) is 33.4 Å². The average molecular weight is 265 g/mol. The first-order valence-electron chi connectivity index (χ1n) is 6.46. The van der Waals surface area contributed by atoms with Crippen molar-refractivity contribution in [3.63, 3.8) is 0 Å². The Bertz CT molecular complexity index is 557. The lowest BCUT2D eigenvalue weighted by atomic mass is 10.1. The first-order valence-corrected chi connectivity index (χ1v) is 6.84. The summed E-state index contributed by atoms with van der Waals surface area (Å²) in [5.74, 6) is 0. The molecule has 0 N–H and O–H groups in total. The second-order valence-electron chi connectivity index (χ2n) is 4.89. The zero-order chi connectivity index (χ0) is 12.5. The number of halogens is 1. The van der Waals surface area contributed by atoms with Crippen molar-refractivity contribution in [1.82, 2.24) is 19.3 Å². The molecule has 5 heteroatoms. The summed E-state index contributed by atoms with van der Waals surface area (Å²) < 4.78 is 2.02. The molecule has 18 heavy (non-hydrogen) atoms. The summed E-state index contributed by atoms with van der Waals surface area (Å²) in [7, 11) is 0. The Labute approximate surface area is 112 Å². The molecule has 0 aromatic carbocycles. The van der Waals surface area contributed by atoms with Crippen LogP contribution < -0.4 is 0 Å². The molecule has 3 heterocycles. The van der Waals surface area contributed by atoms with Gasteiger partial charge in [0.15, 0.2) is 10.8 Å². The lowest BCUT2D eigenvalue weighted by molar-refractivity contribution is 0.218. The number of likely N-dealkylation sites (tertiary alicyclic amines) is 1. The zero-order valence-electron chi connectivity index (χ0n) is 10.6. The van der Waals surface area contributed by atoms with Gasteiger partial charge in [-0.3, -0.25) is 9.30 Å². The lowest BCUT2D eigenvalue weighted by Gasteiger charge is -2.25. The van der Waals surface area contributed by atoms with Crippen LogP contribution in [0.3, 0.4) is 0 Å². The number of imidazole rings is 1. The third kappa shape index (κ3) is 2.10. The summed E-state index contributed by atoms with van der Waals surface area (Å²) in [5, 5.41) is 0.477. The van der Waals surface area contributed by atoms with Crippen molar-refractivity contribution in [3.8, 4) is 0 Å². The maximum atomic E-state index is 6.08. The molecule has 0 atom stereocenters. The van der Waals surface area contributed by atoms with Gasteiger partial charge in [-0.25, -0.2) is 9.97 Å². The monoisotopic (exact) mass is 264 g/mol. The molecule has 0 aliphatic carbocycles. The van der Waals surface area contributed by atoms with Gasteiger partial charge >= 0.3 is 0 Å². The fourth-order valence-electron chi connectivity index (χ4n) is 2.59. The fourth-order valence-corrected chi connectivity index (χ4v) is 2.78. The highest BCUT2D eigenvalue weighted by Gasteiger charge is 2.16. The van der Waals surface area contributed by atoms with Crippen LogP contribution in [-0.2, 0) is 6.54 Å². The number of hydrogen-bond donors (Lipinski definition) is 0. The molecule has 4 nitrogen and oxygen atoms in total. The Kier molecular flexibility index (Phi) is 3.22. The average Bonchev–Trinajstić information content (AvgIpc) is 2.70. The van der Waals surface area contributed by atoms with Gasteiger partial charge in [0, 0.05) is 24.6 Å².